The van der Waals surface area contributed by atoms with E-state index < -0.39 is 27.3 Å². The summed E-state index contributed by atoms with van der Waals surface area (Å²) < 4.78 is 39.8. The van der Waals surface area contributed by atoms with Gasteiger partial charge in [-0.1, -0.05) is 29.7 Å². The van der Waals surface area contributed by atoms with Gasteiger partial charge in [0, 0.05) is 10.6 Å². The molecule has 0 aromatic heterocycles. The molecule has 27 heavy (non-hydrogen) atoms. The second-order valence-electron chi connectivity index (χ2n) is 6.26. The average Bonchev–Trinajstić information content (AvgIpc) is 2.59. The lowest BCUT2D eigenvalue weighted by atomic mass is 9.93. The highest BCUT2D eigenvalue weighted by atomic mass is 35.5. The van der Waals surface area contributed by atoms with E-state index in [4.69, 9.17) is 18.0 Å². The third-order valence-electron chi connectivity index (χ3n) is 3.80. The summed E-state index contributed by atoms with van der Waals surface area (Å²) >= 11 is 6.08. The fraction of sp³-hybridized carbons (Fsp3) is 0.211. The predicted octanol–water partition coefficient (Wildman–Crippen LogP) is 3.06. The van der Waals surface area contributed by atoms with Gasteiger partial charge in [-0.2, -0.15) is 4.72 Å². The highest BCUT2D eigenvalue weighted by molar-refractivity contribution is 7.89. The van der Waals surface area contributed by atoms with Crippen molar-refractivity contribution in [3.63, 3.8) is 0 Å². The maximum Gasteiger partial charge on any atom is 0.251 e. The van der Waals surface area contributed by atoms with Crippen LogP contribution >= 0.6 is 11.6 Å². The van der Waals surface area contributed by atoms with E-state index in [1.807, 2.05) is 0 Å². The van der Waals surface area contributed by atoms with Crippen LogP contribution in [0.25, 0.3) is 0 Å². The van der Waals surface area contributed by atoms with E-state index in [0.29, 0.717) is 5.56 Å². The molecule has 2 aromatic rings. The molecule has 8 heteroatoms. The van der Waals surface area contributed by atoms with Crippen LogP contribution in [0.1, 0.15) is 29.8 Å². The van der Waals surface area contributed by atoms with Gasteiger partial charge in [-0.15, -0.1) is 6.42 Å². The Hall–Kier alpha value is -2.40. The van der Waals surface area contributed by atoms with Gasteiger partial charge in [-0.3, -0.25) is 4.79 Å². The molecule has 0 spiro atoms. The molecule has 0 unspecified atom stereocenters. The molecule has 2 aromatic carbocycles. The Morgan fingerprint density at radius 3 is 2.59 bits per heavy atom. The molecule has 0 aliphatic heterocycles. The van der Waals surface area contributed by atoms with Gasteiger partial charge < -0.3 is 5.32 Å². The van der Waals surface area contributed by atoms with E-state index >= 15 is 0 Å². The molecule has 142 valence electrons. The van der Waals surface area contributed by atoms with Crippen LogP contribution < -0.4 is 10.0 Å². The molecule has 0 fully saturated rings. The van der Waals surface area contributed by atoms with E-state index in [0.717, 1.165) is 6.07 Å². The van der Waals surface area contributed by atoms with Crippen LogP contribution in [-0.2, 0) is 15.6 Å². The van der Waals surface area contributed by atoms with Crippen molar-refractivity contribution < 1.29 is 17.6 Å². The lowest BCUT2D eigenvalue weighted by Gasteiger charge is -2.28. The average molecular weight is 409 g/mol. The van der Waals surface area contributed by atoms with Crippen LogP contribution in [0.4, 0.5) is 4.39 Å². The summed E-state index contributed by atoms with van der Waals surface area (Å²) in [5.41, 5.74) is -0.248. The molecule has 1 amide bonds. The van der Waals surface area contributed by atoms with Crippen LogP contribution in [0.5, 0.6) is 0 Å². The molecule has 2 rings (SSSR count). The van der Waals surface area contributed by atoms with Crippen molar-refractivity contribution in [1.29, 1.82) is 0 Å². The second-order valence-corrected chi connectivity index (χ2v) is 8.43. The van der Waals surface area contributed by atoms with Gasteiger partial charge in [-0.25, -0.2) is 12.8 Å². The number of hydrogen-bond donors (Lipinski definition) is 2. The molecule has 0 bridgehead atoms. The summed E-state index contributed by atoms with van der Waals surface area (Å²) in [6, 6.07) is 9.44. The molecule has 5 nitrogen and oxygen atoms in total. The van der Waals surface area contributed by atoms with E-state index in [1.165, 1.54) is 36.4 Å². The third kappa shape index (κ3) is 5.07. The smallest absolute Gasteiger partial charge is 0.251 e. The predicted molar refractivity (Wildman–Crippen MR) is 102 cm³/mol. The fourth-order valence-corrected chi connectivity index (χ4v) is 3.83. The molecule has 0 saturated heterocycles. The zero-order valence-electron chi connectivity index (χ0n) is 14.7. The van der Waals surface area contributed by atoms with Gasteiger partial charge in [0.2, 0.25) is 10.0 Å². The molecule has 0 aliphatic carbocycles. The number of nitrogens with one attached hydrogen (secondary N) is 2. The topological polar surface area (TPSA) is 75.3 Å². The number of halogens is 2. The maximum atomic E-state index is 13.3. The van der Waals surface area contributed by atoms with Crippen LogP contribution in [0.3, 0.4) is 0 Å². The first-order valence-corrected chi connectivity index (χ1v) is 9.74. The SMILES string of the molecule is C#CCNS(=O)(=O)c1cccc(C(=O)NC(C)(C)c2ccc(F)cc2Cl)c1. The molecule has 0 radical (unpaired) electrons. The van der Waals surface area contributed by atoms with E-state index in [9.17, 15) is 17.6 Å². The minimum atomic E-state index is -3.82. The highest BCUT2D eigenvalue weighted by Crippen LogP contribution is 2.28. The number of hydrogen-bond acceptors (Lipinski definition) is 3. The fourth-order valence-electron chi connectivity index (χ4n) is 2.44. The van der Waals surface area contributed by atoms with Gasteiger partial charge >= 0.3 is 0 Å². The quantitative estimate of drug-likeness (QED) is 0.721. The highest BCUT2D eigenvalue weighted by Gasteiger charge is 2.26. The third-order valence-corrected chi connectivity index (χ3v) is 5.51. The normalized spacial score (nSPS) is 11.7. The van der Waals surface area contributed by atoms with Crippen LogP contribution in [0, 0.1) is 18.2 Å². The minimum Gasteiger partial charge on any atom is -0.343 e. The Bertz CT molecular complexity index is 1010. The first kappa shape index (κ1) is 20.9. The van der Waals surface area contributed by atoms with Crippen molar-refractivity contribution >= 4 is 27.5 Å². The standard InChI is InChI=1S/C19H18ClFN2O3S/c1-4-10-22-27(25,26)15-7-5-6-13(11-15)18(24)23-19(2,3)16-9-8-14(21)12-17(16)20/h1,5-9,11-12,22H,10H2,2-3H3,(H,23,24). The molecule has 2 N–H and O–H groups in total. The number of rotatable bonds is 6. The summed E-state index contributed by atoms with van der Waals surface area (Å²) in [5.74, 6) is 1.19. The van der Waals surface area contributed by atoms with Crippen molar-refractivity contribution in [1.82, 2.24) is 10.0 Å². The Morgan fingerprint density at radius 2 is 1.96 bits per heavy atom. The first-order chi connectivity index (χ1) is 12.6. The first-order valence-electron chi connectivity index (χ1n) is 7.88. The number of carbonyl (C=O) groups is 1. The van der Waals surface area contributed by atoms with Gasteiger partial charge in [0.1, 0.15) is 5.82 Å². The zero-order chi connectivity index (χ0) is 20.2. The van der Waals surface area contributed by atoms with Crippen molar-refractivity contribution in [2.45, 2.75) is 24.3 Å². The van der Waals surface area contributed by atoms with Crippen LogP contribution in [-0.4, -0.2) is 20.9 Å². The number of sulfonamides is 1. The molecule has 0 saturated carbocycles. The number of amides is 1. The number of benzene rings is 2. The Labute approximate surface area is 163 Å². The van der Waals surface area contributed by atoms with E-state index in [-0.39, 0.29) is 22.0 Å². The zero-order valence-corrected chi connectivity index (χ0v) is 16.3. The maximum absolute atomic E-state index is 13.3. The van der Waals surface area contributed by atoms with Crippen LogP contribution in [0.15, 0.2) is 47.4 Å². The monoisotopic (exact) mass is 408 g/mol. The molecule has 0 aliphatic rings. The van der Waals surface area contributed by atoms with E-state index in [1.54, 1.807) is 13.8 Å². The summed E-state index contributed by atoms with van der Waals surface area (Å²) in [5, 5.41) is 2.95. The lowest BCUT2D eigenvalue weighted by molar-refractivity contribution is 0.0912. The summed E-state index contributed by atoms with van der Waals surface area (Å²) in [6.45, 7) is 3.26. The molecule has 0 atom stereocenters. The summed E-state index contributed by atoms with van der Waals surface area (Å²) in [7, 11) is -3.82. The molecular formula is C19H18ClFN2O3S. The number of terminal acetylenes is 1. The van der Waals surface area contributed by atoms with Crippen LogP contribution in [0.2, 0.25) is 5.02 Å². The summed E-state index contributed by atoms with van der Waals surface area (Å²) in [6.07, 6.45) is 5.06. The Balaban J connectivity index is 2.28. The number of carbonyl (C=O) groups excluding carboxylic acids is 1. The Morgan fingerprint density at radius 1 is 1.26 bits per heavy atom. The molecular weight excluding hydrogens is 391 g/mol. The second kappa shape index (κ2) is 8.09. The van der Waals surface area contributed by atoms with Gasteiger partial charge in [-0.05, 0) is 49.7 Å². The van der Waals surface area contributed by atoms with Crippen molar-refractivity contribution in [3.05, 3.63) is 64.4 Å². The van der Waals surface area contributed by atoms with Gasteiger partial charge in [0.05, 0.1) is 17.0 Å². The lowest BCUT2D eigenvalue weighted by Crippen LogP contribution is -2.41. The van der Waals surface area contributed by atoms with Crippen molar-refractivity contribution in [2.75, 3.05) is 6.54 Å². The Kier molecular flexibility index (Phi) is 6.26. The van der Waals surface area contributed by atoms with E-state index in [2.05, 4.69) is 16.0 Å². The van der Waals surface area contributed by atoms with Crippen molar-refractivity contribution in [2.24, 2.45) is 0 Å². The largest absolute Gasteiger partial charge is 0.343 e. The van der Waals surface area contributed by atoms with Gasteiger partial charge in [0.15, 0.2) is 0 Å². The van der Waals surface area contributed by atoms with Crippen molar-refractivity contribution in [3.8, 4) is 12.3 Å². The molecule has 0 heterocycles. The summed E-state index contributed by atoms with van der Waals surface area (Å²) in [4.78, 5) is 12.5. The minimum absolute atomic E-state index is 0.0805. The van der Waals surface area contributed by atoms with Gasteiger partial charge in [0.25, 0.3) is 5.91 Å².